The van der Waals surface area contributed by atoms with E-state index in [0.717, 1.165) is 17.7 Å². The van der Waals surface area contributed by atoms with Crippen molar-refractivity contribution in [1.29, 1.82) is 0 Å². The molecule has 0 aliphatic carbocycles. The lowest BCUT2D eigenvalue weighted by atomic mass is 10.0. The second-order valence-electron chi connectivity index (χ2n) is 4.07. The summed E-state index contributed by atoms with van der Waals surface area (Å²) < 4.78 is 10.3. The Morgan fingerprint density at radius 2 is 2.06 bits per heavy atom. The number of methoxy groups -OCH3 is 1. The quantitative estimate of drug-likeness (QED) is 0.788. The molecule has 1 aromatic rings. The van der Waals surface area contributed by atoms with E-state index in [-0.39, 0.29) is 12.0 Å². The summed E-state index contributed by atoms with van der Waals surface area (Å²) in [6.07, 6.45) is 0.342. The van der Waals surface area contributed by atoms with Crippen LogP contribution >= 0.6 is 0 Å². The van der Waals surface area contributed by atoms with Crippen LogP contribution in [0.15, 0.2) is 24.3 Å². The number of ether oxygens (including phenoxy) is 2. The summed E-state index contributed by atoms with van der Waals surface area (Å²) in [5, 5.41) is 3.23. The van der Waals surface area contributed by atoms with E-state index < -0.39 is 6.10 Å². The van der Waals surface area contributed by atoms with Crippen molar-refractivity contribution in [3.05, 3.63) is 29.8 Å². The van der Waals surface area contributed by atoms with Crippen LogP contribution in [0.4, 0.5) is 0 Å². The number of carbonyl (C=O) groups is 1. The van der Waals surface area contributed by atoms with Crippen molar-refractivity contribution in [3.8, 4) is 5.75 Å². The zero-order chi connectivity index (χ0) is 13.5. The first-order valence-electron chi connectivity index (χ1n) is 6.14. The molecule has 0 aliphatic rings. The molecule has 0 aromatic heterocycles. The summed E-state index contributed by atoms with van der Waals surface area (Å²) in [5.74, 6) is 0.346. The van der Waals surface area contributed by atoms with E-state index in [0.29, 0.717) is 0 Å². The van der Waals surface area contributed by atoms with E-state index in [1.54, 1.807) is 6.92 Å². The molecule has 18 heavy (non-hydrogen) atoms. The number of esters is 1. The van der Waals surface area contributed by atoms with Gasteiger partial charge in [-0.1, -0.05) is 25.1 Å². The first kappa shape index (κ1) is 14.5. The first-order valence-corrected chi connectivity index (χ1v) is 6.14. The fourth-order valence-corrected chi connectivity index (χ4v) is 1.86. The van der Waals surface area contributed by atoms with Crippen LogP contribution < -0.4 is 10.1 Å². The second kappa shape index (κ2) is 7.01. The van der Waals surface area contributed by atoms with Gasteiger partial charge in [-0.05, 0) is 26.5 Å². The van der Waals surface area contributed by atoms with Crippen molar-refractivity contribution in [2.75, 3.05) is 14.2 Å². The van der Waals surface area contributed by atoms with Gasteiger partial charge in [-0.25, -0.2) is 4.79 Å². The third-order valence-corrected chi connectivity index (χ3v) is 2.89. The zero-order valence-corrected chi connectivity index (χ0v) is 11.4. The molecule has 0 fully saturated rings. The van der Waals surface area contributed by atoms with Crippen LogP contribution in [0.1, 0.15) is 31.9 Å². The molecule has 0 heterocycles. The number of nitrogens with one attached hydrogen (secondary N) is 1. The number of hydrogen-bond donors (Lipinski definition) is 1. The molecule has 1 aromatic carbocycles. The number of rotatable bonds is 6. The molecule has 2 atom stereocenters. The predicted octanol–water partition coefficient (Wildman–Crippen LogP) is 2.30. The Morgan fingerprint density at radius 3 is 2.61 bits per heavy atom. The maximum Gasteiger partial charge on any atom is 0.346 e. The van der Waals surface area contributed by atoms with Crippen molar-refractivity contribution >= 4 is 5.97 Å². The minimum absolute atomic E-state index is 0.214. The molecular weight excluding hydrogens is 230 g/mol. The molecule has 0 bridgehead atoms. The summed E-state index contributed by atoms with van der Waals surface area (Å²) in [6.45, 7) is 3.78. The minimum Gasteiger partial charge on any atom is -0.479 e. The first-order chi connectivity index (χ1) is 8.63. The molecule has 100 valence electrons. The zero-order valence-electron chi connectivity index (χ0n) is 11.4. The number of para-hydroxylation sites is 1. The van der Waals surface area contributed by atoms with Gasteiger partial charge in [0.1, 0.15) is 5.75 Å². The number of benzene rings is 1. The summed E-state index contributed by atoms with van der Waals surface area (Å²) in [5.41, 5.74) is 1.05. The van der Waals surface area contributed by atoms with Crippen molar-refractivity contribution in [2.45, 2.75) is 32.4 Å². The van der Waals surface area contributed by atoms with E-state index in [4.69, 9.17) is 4.74 Å². The van der Waals surface area contributed by atoms with Crippen molar-refractivity contribution < 1.29 is 14.3 Å². The molecule has 4 nitrogen and oxygen atoms in total. The monoisotopic (exact) mass is 251 g/mol. The van der Waals surface area contributed by atoms with Gasteiger partial charge in [-0.3, -0.25) is 0 Å². The predicted molar refractivity (Wildman–Crippen MR) is 70.6 cm³/mol. The fraction of sp³-hybridized carbons (Fsp3) is 0.500. The van der Waals surface area contributed by atoms with Crippen molar-refractivity contribution in [3.63, 3.8) is 0 Å². The average molecular weight is 251 g/mol. The molecule has 0 saturated heterocycles. The van der Waals surface area contributed by atoms with E-state index >= 15 is 0 Å². The summed E-state index contributed by atoms with van der Waals surface area (Å²) in [6, 6.07) is 7.95. The lowest BCUT2D eigenvalue weighted by molar-refractivity contribution is -0.147. The van der Waals surface area contributed by atoms with Gasteiger partial charge in [0, 0.05) is 11.6 Å². The molecule has 4 heteroatoms. The number of hydrogen-bond acceptors (Lipinski definition) is 4. The highest BCUT2D eigenvalue weighted by molar-refractivity contribution is 5.74. The van der Waals surface area contributed by atoms with Gasteiger partial charge < -0.3 is 14.8 Å². The van der Waals surface area contributed by atoms with Crippen LogP contribution in [0.25, 0.3) is 0 Å². The normalized spacial score (nSPS) is 13.8. The Kier molecular flexibility index (Phi) is 5.65. The standard InChI is InChI=1S/C14H21NO3/c1-5-12(15-3)11-8-6-7-9-13(11)18-10(2)14(16)17-4/h6-10,12,15H,5H2,1-4H3. The highest BCUT2D eigenvalue weighted by atomic mass is 16.6. The van der Waals surface area contributed by atoms with Gasteiger partial charge in [0.05, 0.1) is 7.11 Å². The van der Waals surface area contributed by atoms with E-state index in [1.165, 1.54) is 7.11 Å². The van der Waals surface area contributed by atoms with E-state index in [1.807, 2.05) is 31.3 Å². The molecular formula is C14H21NO3. The minimum atomic E-state index is -0.606. The Morgan fingerprint density at radius 1 is 1.39 bits per heavy atom. The van der Waals surface area contributed by atoms with Gasteiger partial charge in [0.25, 0.3) is 0 Å². The highest BCUT2D eigenvalue weighted by Gasteiger charge is 2.18. The van der Waals surface area contributed by atoms with Crippen molar-refractivity contribution in [1.82, 2.24) is 5.32 Å². The SMILES string of the molecule is CCC(NC)c1ccccc1OC(C)C(=O)OC. The highest BCUT2D eigenvalue weighted by Crippen LogP contribution is 2.27. The van der Waals surface area contributed by atoms with Crippen LogP contribution in [-0.2, 0) is 9.53 Å². The summed E-state index contributed by atoms with van der Waals surface area (Å²) >= 11 is 0. The Balaban J connectivity index is 2.91. The molecule has 0 radical (unpaired) electrons. The molecule has 0 aliphatic heterocycles. The van der Waals surface area contributed by atoms with E-state index in [2.05, 4.69) is 17.0 Å². The second-order valence-corrected chi connectivity index (χ2v) is 4.07. The third kappa shape index (κ3) is 3.47. The third-order valence-electron chi connectivity index (χ3n) is 2.89. The lowest BCUT2D eigenvalue weighted by Crippen LogP contribution is -2.26. The largest absolute Gasteiger partial charge is 0.479 e. The summed E-state index contributed by atoms with van der Waals surface area (Å²) in [7, 11) is 3.27. The van der Waals surface area contributed by atoms with E-state index in [9.17, 15) is 4.79 Å². The molecule has 0 saturated carbocycles. The maximum atomic E-state index is 11.4. The van der Waals surface area contributed by atoms with Crippen LogP contribution in [0.2, 0.25) is 0 Å². The molecule has 1 rings (SSSR count). The maximum absolute atomic E-state index is 11.4. The van der Waals surface area contributed by atoms with Crippen LogP contribution in [0.5, 0.6) is 5.75 Å². The van der Waals surface area contributed by atoms with Gasteiger partial charge in [0.15, 0.2) is 6.10 Å². The summed E-state index contributed by atoms with van der Waals surface area (Å²) in [4.78, 5) is 11.4. The van der Waals surface area contributed by atoms with Crippen molar-refractivity contribution in [2.24, 2.45) is 0 Å². The van der Waals surface area contributed by atoms with Gasteiger partial charge >= 0.3 is 5.97 Å². The van der Waals surface area contributed by atoms with Gasteiger partial charge in [0.2, 0.25) is 0 Å². The molecule has 0 amide bonds. The van der Waals surface area contributed by atoms with Gasteiger partial charge in [-0.2, -0.15) is 0 Å². The van der Waals surface area contributed by atoms with Crippen LogP contribution in [0, 0.1) is 0 Å². The lowest BCUT2D eigenvalue weighted by Gasteiger charge is -2.20. The van der Waals surface area contributed by atoms with Crippen LogP contribution in [-0.4, -0.2) is 26.2 Å². The average Bonchev–Trinajstić information content (AvgIpc) is 2.41. The van der Waals surface area contributed by atoms with Gasteiger partial charge in [-0.15, -0.1) is 0 Å². The fourth-order valence-electron chi connectivity index (χ4n) is 1.86. The smallest absolute Gasteiger partial charge is 0.346 e. The Labute approximate surface area is 108 Å². The van der Waals surface area contributed by atoms with Crippen LogP contribution in [0.3, 0.4) is 0 Å². The Bertz CT molecular complexity index is 388. The molecule has 0 spiro atoms. The Hall–Kier alpha value is -1.55. The molecule has 2 unspecified atom stereocenters. The number of carbonyl (C=O) groups excluding carboxylic acids is 1. The topological polar surface area (TPSA) is 47.6 Å². The molecule has 1 N–H and O–H groups in total.